The Kier molecular flexibility index (Phi) is 5.53. The molecule has 0 aliphatic heterocycles. The molecule has 0 aliphatic rings. The van der Waals surface area contributed by atoms with Crippen molar-refractivity contribution in [2.45, 2.75) is 19.6 Å². The maximum Gasteiger partial charge on any atom is 0.334 e. The molecule has 0 radical (unpaired) electrons. The summed E-state index contributed by atoms with van der Waals surface area (Å²) in [6.45, 7) is 2.10. The van der Waals surface area contributed by atoms with Crippen LogP contribution in [0.2, 0.25) is 0 Å². The molecule has 1 aromatic heterocycles. The minimum atomic E-state index is -1.12. The van der Waals surface area contributed by atoms with Gasteiger partial charge in [0, 0.05) is 12.5 Å². The smallest absolute Gasteiger partial charge is 0.334 e. The monoisotopic (exact) mass is 273 g/mol. The summed E-state index contributed by atoms with van der Waals surface area (Å²) in [5.74, 6) is -1.12. The molecule has 0 bridgehead atoms. The Labute approximate surface area is 108 Å². The van der Waals surface area contributed by atoms with Crippen LogP contribution in [0.25, 0.3) is 0 Å². The molecule has 0 spiro atoms. The van der Waals surface area contributed by atoms with Crippen molar-refractivity contribution in [3.8, 4) is 0 Å². The maximum absolute atomic E-state index is 11.4. The number of urea groups is 1. The van der Waals surface area contributed by atoms with Crippen LogP contribution in [0.4, 0.5) is 4.79 Å². The van der Waals surface area contributed by atoms with Crippen molar-refractivity contribution in [2.75, 3.05) is 13.7 Å². The van der Waals surface area contributed by atoms with Crippen molar-refractivity contribution < 1.29 is 19.4 Å². The second kappa shape index (κ2) is 6.92. The third-order valence-corrected chi connectivity index (χ3v) is 2.93. The highest BCUT2D eigenvalue weighted by Gasteiger charge is 2.16. The molecular formula is C10H15N3O4S. The minimum Gasteiger partial charge on any atom is -0.479 e. The Morgan fingerprint density at radius 3 is 2.78 bits per heavy atom. The van der Waals surface area contributed by atoms with Crippen molar-refractivity contribution in [1.29, 1.82) is 0 Å². The predicted molar refractivity (Wildman–Crippen MR) is 65.5 cm³/mol. The number of hydrogen-bond acceptors (Lipinski definition) is 5. The Bertz CT molecular complexity index is 421. The van der Waals surface area contributed by atoms with Crippen LogP contribution >= 0.6 is 11.3 Å². The number of carboxylic acid groups (broad SMARTS) is 1. The van der Waals surface area contributed by atoms with Gasteiger partial charge in [-0.05, 0) is 6.92 Å². The molecule has 18 heavy (non-hydrogen) atoms. The second-order valence-electron chi connectivity index (χ2n) is 3.48. The number of rotatable bonds is 6. The average Bonchev–Trinajstić information content (AvgIpc) is 2.73. The predicted octanol–water partition coefficient (Wildman–Crippen LogP) is 0.350. The van der Waals surface area contributed by atoms with E-state index in [1.807, 2.05) is 12.3 Å². The fourth-order valence-electron chi connectivity index (χ4n) is 1.18. The Morgan fingerprint density at radius 2 is 2.28 bits per heavy atom. The van der Waals surface area contributed by atoms with Crippen LogP contribution in [-0.4, -0.2) is 41.8 Å². The highest BCUT2D eigenvalue weighted by atomic mass is 32.1. The first-order valence-electron chi connectivity index (χ1n) is 5.21. The third-order valence-electron chi connectivity index (χ3n) is 2.10. The van der Waals surface area contributed by atoms with Gasteiger partial charge in [-0.25, -0.2) is 14.6 Å². The van der Waals surface area contributed by atoms with Crippen LogP contribution in [0, 0.1) is 6.92 Å². The van der Waals surface area contributed by atoms with Gasteiger partial charge in [0.25, 0.3) is 0 Å². The molecule has 1 rings (SSSR count). The molecule has 1 aromatic rings. The number of nitrogens with zero attached hydrogens (tertiary/aromatic N) is 1. The van der Waals surface area contributed by atoms with Crippen LogP contribution in [-0.2, 0) is 16.1 Å². The lowest BCUT2D eigenvalue weighted by Crippen LogP contribution is -2.42. The van der Waals surface area contributed by atoms with Gasteiger partial charge >= 0.3 is 12.0 Å². The molecule has 1 heterocycles. The zero-order valence-corrected chi connectivity index (χ0v) is 10.9. The molecule has 1 atom stereocenters. The lowest BCUT2D eigenvalue weighted by atomic mass is 10.3. The Balaban J connectivity index is 2.27. The molecular weight excluding hydrogens is 258 g/mol. The number of amides is 2. The van der Waals surface area contributed by atoms with E-state index in [1.165, 1.54) is 18.4 Å². The Hall–Kier alpha value is -1.67. The number of hydrogen-bond donors (Lipinski definition) is 3. The first-order chi connectivity index (χ1) is 8.52. The summed E-state index contributed by atoms with van der Waals surface area (Å²) in [4.78, 5) is 26.2. The van der Waals surface area contributed by atoms with Gasteiger partial charge in [-0.2, -0.15) is 0 Å². The number of carbonyl (C=O) groups excluding carboxylic acids is 1. The normalized spacial score (nSPS) is 11.9. The van der Waals surface area contributed by atoms with Gasteiger partial charge in [-0.1, -0.05) is 0 Å². The standard InChI is InChI=1S/C10H15N3O4S/c1-6-13-7(5-18-6)3-11-10(16)12-4-8(17-2)9(14)15/h5,8H,3-4H2,1-2H3,(H,14,15)(H2,11,12,16). The van der Waals surface area contributed by atoms with Gasteiger partial charge in [0.1, 0.15) is 0 Å². The molecule has 100 valence electrons. The number of aliphatic carboxylic acids is 1. The van der Waals surface area contributed by atoms with Crippen molar-refractivity contribution >= 4 is 23.3 Å². The molecule has 0 saturated carbocycles. The number of aromatic nitrogens is 1. The topological polar surface area (TPSA) is 101 Å². The van der Waals surface area contributed by atoms with Crippen LogP contribution in [0.5, 0.6) is 0 Å². The highest BCUT2D eigenvalue weighted by molar-refractivity contribution is 7.09. The average molecular weight is 273 g/mol. The summed E-state index contributed by atoms with van der Waals surface area (Å²) in [5, 5.41) is 16.5. The zero-order chi connectivity index (χ0) is 13.5. The number of carbonyl (C=O) groups is 2. The molecule has 0 aromatic carbocycles. The van der Waals surface area contributed by atoms with E-state index in [0.717, 1.165) is 10.7 Å². The van der Waals surface area contributed by atoms with Gasteiger partial charge in [-0.3, -0.25) is 0 Å². The number of aryl methyl sites for hydroxylation is 1. The van der Waals surface area contributed by atoms with Crippen molar-refractivity contribution in [2.24, 2.45) is 0 Å². The van der Waals surface area contributed by atoms with Crippen molar-refractivity contribution in [3.63, 3.8) is 0 Å². The number of methoxy groups -OCH3 is 1. The molecule has 3 N–H and O–H groups in total. The van der Waals surface area contributed by atoms with E-state index < -0.39 is 18.1 Å². The summed E-state index contributed by atoms with van der Waals surface area (Å²) in [7, 11) is 1.27. The lowest BCUT2D eigenvalue weighted by molar-refractivity contribution is -0.147. The summed E-state index contributed by atoms with van der Waals surface area (Å²) in [6.07, 6.45) is -1.04. The van der Waals surface area contributed by atoms with Gasteiger partial charge in [-0.15, -0.1) is 11.3 Å². The van der Waals surface area contributed by atoms with Gasteiger partial charge in [0.15, 0.2) is 6.10 Å². The van der Waals surface area contributed by atoms with E-state index in [-0.39, 0.29) is 6.54 Å². The summed E-state index contributed by atoms with van der Waals surface area (Å²) in [5.41, 5.74) is 0.772. The number of nitrogens with one attached hydrogen (secondary N) is 2. The molecule has 1 unspecified atom stereocenters. The SMILES string of the molecule is COC(CNC(=O)NCc1csc(C)n1)C(=O)O. The fourth-order valence-corrected chi connectivity index (χ4v) is 1.79. The van der Waals surface area contributed by atoms with E-state index in [1.54, 1.807) is 0 Å². The summed E-state index contributed by atoms with van der Waals surface area (Å²) < 4.78 is 4.68. The van der Waals surface area contributed by atoms with Gasteiger partial charge < -0.3 is 20.5 Å². The van der Waals surface area contributed by atoms with E-state index in [9.17, 15) is 9.59 Å². The largest absolute Gasteiger partial charge is 0.479 e. The van der Waals surface area contributed by atoms with E-state index in [0.29, 0.717) is 6.54 Å². The van der Waals surface area contributed by atoms with Crippen molar-refractivity contribution in [3.05, 3.63) is 16.1 Å². The summed E-state index contributed by atoms with van der Waals surface area (Å²) >= 11 is 1.50. The first-order valence-corrected chi connectivity index (χ1v) is 6.09. The van der Waals surface area contributed by atoms with E-state index in [2.05, 4.69) is 20.4 Å². The summed E-state index contributed by atoms with van der Waals surface area (Å²) in [6, 6.07) is -0.455. The van der Waals surface area contributed by atoms with Crippen molar-refractivity contribution in [1.82, 2.24) is 15.6 Å². The Morgan fingerprint density at radius 1 is 1.56 bits per heavy atom. The van der Waals surface area contributed by atoms with Gasteiger partial charge in [0.05, 0.1) is 23.8 Å². The van der Waals surface area contributed by atoms with Gasteiger partial charge in [0.2, 0.25) is 0 Å². The number of ether oxygens (including phenoxy) is 1. The van der Waals surface area contributed by atoms with Crippen LogP contribution in [0.1, 0.15) is 10.7 Å². The van der Waals surface area contributed by atoms with E-state index >= 15 is 0 Å². The quantitative estimate of drug-likeness (QED) is 0.694. The third kappa shape index (κ3) is 4.68. The minimum absolute atomic E-state index is 0.0895. The molecule has 0 fully saturated rings. The first kappa shape index (κ1) is 14.4. The van der Waals surface area contributed by atoms with Crippen LogP contribution in [0.3, 0.4) is 0 Å². The fraction of sp³-hybridized carbons (Fsp3) is 0.500. The molecule has 0 aliphatic carbocycles. The molecule has 8 heteroatoms. The maximum atomic E-state index is 11.4. The number of thiazole rings is 1. The highest BCUT2D eigenvalue weighted by Crippen LogP contribution is 2.06. The zero-order valence-electron chi connectivity index (χ0n) is 10.1. The second-order valence-corrected chi connectivity index (χ2v) is 4.55. The number of carboxylic acids is 1. The lowest BCUT2D eigenvalue weighted by Gasteiger charge is -2.11. The molecule has 0 saturated heterocycles. The molecule has 7 nitrogen and oxygen atoms in total. The van der Waals surface area contributed by atoms with Crippen LogP contribution in [0.15, 0.2) is 5.38 Å². The molecule has 2 amide bonds. The van der Waals surface area contributed by atoms with E-state index in [4.69, 9.17) is 5.11 Å². The van der Waals surface area contributed by atoms with Crippen LogP contribution < -0.4 is 10.6 Å².